The fraction of sp³-hybridized carbons (Fsp3) is 0.333. The number of carbonyl (C=O) groups excluding carboxylic acids is 1. The van der Waals surface area contributed by atoms with E-state index in [0.717, 1.165) is 11.1 Å². The van der Waals surface area contributed by atoms with Gasteiger partial charge in [-0.2, -0.15) is 5.26 Å². The van der Waals surface area contributed by atoms with E-state index in [9.17, 15) is 10.1 Å². The van der Waals surface area contributed by atoms with Crippen molar-refractivity contribution in [2.75, 3.05) is 13.7 Å². The highest BCUT2D eigenvalue weighted by Crippen LogP contribution is 2.41. The number of hydrogen-bond donors (Lipinski definition) is 1. The predicted molar refractivity (Wildman–Crippen MR) is 87.7 cm³/mol. The van der Waals surface area contributed by atoms with Crippen LogP contribution in [0.15, 0.2) is 41.0 Å². The van der Waals surface area contributed by atoms with Crippen molar-refractivity contribution in [1.29, 1.82) is 5.26 Å². The fourth-order valence-electron chi connectivity index (χ4n) is 2.76. The fourth-order valence-corrected chi connectivity index (χ4v) is 2.76. The summed E-state index contributed by atoms with van der Waals surface area (Å²) in [6, 6.07) is 7.50. The molecule has 0 radical (unpaired) electrons. The van der Waals surface area contributed by atoms with Crippen LogP contribution in [-0.4, -0.2) is 19.7 Å². The van der Waals surface area contributed by atoms with Crippen molar-refractivity contribution >= 4 is 5.97 Å². The number of ether oxygens (including phenoxy) is 3. The van der Waals surface area contributed by atoms with Crippen molar-refractivity contribution in [2.45, 2.75) is 26.7 Å². The molecule has 0 saturated carbocycles. The Labute approximate surface area is 141 Å². The van der Waals surface area contributed by atoms with Gasteiger partial charge >= 0.3 is 5.97 Å². The highest BCUT2D eigenvalue weighted by Gasteiger charge is 2.36. The number of nitrogens with zero attached hydrogens (tertiary/aromatic N) is 1. The number of methoxy groups -OCH3 is 1. The van der Waals surface area contributed by atoms with Crippen molar-refractivity contribution in [2.24, 2.45) is 5.73 Å². The molecule has 24 heavy (non-hydrogen) atoms. The third-order valence-corrected chi connectivity index (χ3v) is 3.89. The minimum Gasteiger partial charge on any atom is -0.497 e. The number of nitrogens with two attached hydrogens (primary N) is 1. The van der Waals surface area contributed by atoms with E-state index >= 15 is 0 Å². The predicted octanol–water partition coefficient (Wildman–Crippen LogP) is 2.65. The SMILES string of the molecule is CCOC(=O)C1=C(C)OC(N)=C(C#N)C1c1ccc(OC)cc1C. The van der Waals surface area contributed by atoms with Gasteiger partial charge in [-0.3, -0.25) is 0 Å². The van der Waals surface area contributed by atoms with Crippen LogP contribution in [0.4, 0.5) is 0 Å². The van der Waals surface area contributed by atoms with Gasteiger partial charge in [0.15, 0.2) is 0 Å². The summed E-state index contributed by atoms with van der Waals surface area (Å²) in [5, 5.41) is 9.53. The van der Waals surface area contributed by atoms with Gasteiger partial charge in [-0.1, -0.05) is 6.07 Å². The molecule has 0 fully saturated rings. The van der Waals surface area contributed by atoms with E-state index in [1.165, 1.54) is 0 Å². The molecular weight excluding hydrogens is 308 g/mol. The van der Waals surface area contributed by atoms with Crippen LogP contribution >= 0.6 is 0 Å². The van der Waals surface area contributed by atoms with Crippen LogP contribution in [0.25, 0.3) is 0 Å². The number of carbonyl (C=O) groups is 1. The van der Waals surface area contributed by atoms with Crippen LogP contribution < -0.4 is 10.5 Å². The number of hydrogen-bond acceptors (Lipinski definition) is 6. The molecule has 1 aromatic carbocycles. The van der Waals surface area contributed by atoms with Crippen LogP contribution in [-0.2, 0) is 14.3 Å². The molecule has 1 heterocycles. The molecule has 0 aromatic heterocycles. The van der Waals surface area contributed by atoms with Gasteiger partial charge in [-0.25, -0.2) is 4.79 Å². The first-order valence-corrected chi connectivity index (χ1v) is 7.54. The molecule has 1 unspecified atom stereocenters. The average molecular weight is 328 g/mol. The number of allylic oxidation sites excluding steroid dienone is 2. The minimum atomic E-state index is -0.631. The molecule has 0 saturated heterocycles. The molecular formula is C18H20N2O4. The third kappa shape index (κ3) is 3.06. The number of nitriles is 1. The molecule has 0 spiro atoms. The lowest BCUT2D eigenvalue weighted by molar-refractivity contribution is -0.139. The second kappa shape index (κ2) is 7.09. The minimum absolute atomic E-state index is 0.00302. The summed E-state index contributed by atoms with van der Waals surface area (Å²) in [5.74, 6) is -0.116. The van der Waals surface area contributed by atoms with E-state index < -0.39 is 11.9 Å². The summed E-state index contributed by atoms with van der Waals surface area (Å²) < 4.78 is 15.8. The monoisotopic (exact) mass is 328 g/mol. The quantitative estimate of drug-likeness (QED) is 0.854. The average Bonchev–Trinajstić information content (AvgIpc) is 2.54. The lowest BCUT2D eigenvalue weighted by Gasteiger charge is -2.27. The van der Waals surface area contributed by atoms with Gasteiger partial charge in [0, 0.05) is 0 Å². The Morgan fingerprint density at radius 3 is 2.67 bits per heavy atom. The highest BCUT2D eigenvalue weighted by molar-refractivity contribution is 5.92. The maximum absolute atomic E-state index is 12.4. The van der Waals surface area contributed by atoms with E-state index in [1.807, 2.05) is 19.1 Å². The first-order chi connectivity index (χ1) is 11.4. The zero-order valence-electron chi connectivity index (χ0n) is 14.2. The smallest absolute Gasteiger partial charge is 0.338 e. The number of rotatable bonds is 4. The second-order valence-electron chi connectivity index (χ2n) is 5.34. The molecule has 1 aromatic rings. The van der Waals surface area contributed by atoms with Crippen molar-refractivity contribution in [3.05, 3.63) is 52.1 Å². The topological polar surface area (TPSA) is 94.6 Å². The number of esters is 1. The van der Waals surface area contributed by atoms with Crippen LogP contribution in [0, 0.1) is 18.3 Å². The van der Waals surface area contributed by atoms with E-state index in [-0.39, 0.29) is 23.6 Å². The molecule has 2 N–H and O–H groups in total. The number of benzene rings is 1. The summed E-state index contributed by atoms with van der Waals surface area (Å²) >= 11 is 0. The van der Waals surface area contributed by atoms with Gasteiger partial charge in [-0.15, -0.1) is 0 Å². The molecule has 1 atom stereocenters. The van der Waals surface area contributed by atoms with Crippen LogP contribution in [0.3, 0.4) is 0 Å². The Bertz CT molecular complexity index is 772. The molecule has 6 heteroatoms. The molecule has 0 bridgehead atoms. The zero-order valence-corrected chi connectivity index (χ0v) is 14.2. The van der Waals surface area contributed by atoms with Crippen LogP contribution in [0.1, 0.15) is 30.9 Å². The maximum atomic E-state index is 12.4. The van der Waals surface area contributed by atoms with Crippen LogP contribution in [0.5, 0.6) is 5.75 Å². The van der Waals surface area contributed by atoms with E-state index in [4.69, 9.17) is 19.9 Å². The highest BCUT2D eigenvalue weighted by atomic mass is 16.5. The summed E-state index contributed by atoms with van der Waals surface area (Å²) in [6.07, 6.45) is 0. The van der Waals surface area contributed by atoms with E-state index in [1.54, 1.807) is 27.0 Å². The zero-order chi connectivity index (χ0) is 17.9. The Hall–Kier alpha value is -2.94. The third-order valence-electron chi connectivity index (χ3n) is 3.89. The van der Waals surface area contributed by atoms with Crippen molar-refractivity contribution in [3.8, 4) is 11.8 Å². The standard InChI is InChI=1S/C18H20N2O4/c1-5-23-18(21)15-11(3)24-17(20)14(9-19)16(15)13-7-6-12(22-4)8-10(13)2/h6-8,16H,5,20H2,1-4H3. The van der Waals surface area contributed by atoms with E-state index in [2.05, 4.69) is 6.07 Å². The molecule has 126 valence electrons. The normalized spacial score (nSPS) is 17.2. The van der Waals surface area contributed by atoms with Gasteiger partial charge < -0.3 is 19.9 Å². The molecule has 1 aliphatic rings. The summed E-state index contributed by atoms with van der Waals surface area (Å²) in [7, 11) is 1.58. The van der Waals surface area contributed by atoms with Gasteiger partial charge in [0.25, 0.3) is 0 Å². The number of aryl methyl sites for hydroxylation is 1. The molecule has 1 aliphatic heterocycles. The van der Waals surface area contributed by atoms with Gasteiger partial charge in [0.2, 0.25) is 5.88 Å². The first-order valence-electron chi connectivity index (χ1n) is 7.54. The van der Waals surface area contributed by atoms with Crippen molar-refractivity contribution < 1.29 is 19.0 Å². The summed E-state index contributed by atoms with van der Waals surface area (Å²) in [5.41, 5.74) is 8.00. The Morgan fingerprint density at radius 1 is 1.42 bits per heavy atom. The van der Waals surface area contributed by atoms with Gasteiger partial charge in [0.05, 0.1) is 25.2 Å². The Balaban J connectivity index is 2.65. The first kappa shape index (κ1) is 17.4. The van der Waals surface area contributed by atoms with Crippen molar-refractivity contribution in [3.63, 3.8) is 0 Å². The van der Waals surface area contributed by atoms with Gasteiger partial charge in [-0.05, 0) is 44.0 Å². The van der Waals surface area contributed by atoms with Crippen molar-refractivity contribution in [1.82, 2.24) is 0 Å². The summed E-state index contributed by atoms with van der Waals surface area (Å²) in [4.78, 5) is 12.4. The van der Waals surface area contributed by atoms with Crippen LogP contribution in [0.2, 0.25) is 0 Å². The molecule has 2 rings (SSSR count). The largest absolute Gasteiger partial charge is 0.497 e. The maximum Gasteiger partial charge on any atom is 0.338 e. The Morgan fingerprint density at radius 2 is 2.12 bits per heavy atom. The second-order valence-corrected chi connectivity index (χ2v) is 5.34. The lowest BCUT2D eigenvalue weighted by atomic mass is 9.81. The summed E-state index contributed by atoms with van der Waals surface area (Å²) in [6.45, 7) is 5.47. The molecule has 6 nitrogen and oxygen atoms in total. The molecule has 0 amide bonds. The molecule has 0 aliphatic carbocycles. The van der Waals surface area contributed by atoms with Gasteiger partial charge in [0.1, 0.15) is 23.2 Å². The Kier molecular flexibility index (Phi) is 5.14. The lowest BCUT2D eigenvalue weighted by Crippen LogP contribution is -2.26. The van der Waals surface area contributed by atoms with E-state index in [0.29, 0.717) is 11.5 Å².